The minimum atomic E-state index is -1.02. The third kappa shape index (κ3) is 2.88. The molecule has 31 heavy (non-hydrogen) atoms. The molecule has 3 heterocycles. The molecule has 0 aliphatic carbocycles. The quantitative estimate of drug-likeness (QED) is 0.534. The Labute approximate surface area is 175 Å². The Morgan fingerprint density at radius 1 is 0.677 bits per heavy atom. The maximum atomic E-state index is 11.4. The second-order valence-corrected chi connectivity index (χ2v) is 7.07. The molecular formula is C23H14N2O6. The molecule has 8 nitrogen and oxygen atoms in total. The fraction of sp³-hybridized carbons (Fsp3) is 0.0870. The summed E-state index contributed by atoms with van der Waals surface area (Å²) in [6, 6.07) is 15.8. The molecule has 0 fully saturated rings. The van der Waals surface area contributed by atoms with Crippen molar-refractivity contribution < 1.29 is 28.8 Å². The van der Waals surface area contributed by atoms with Crippen LogP contribution in [0, 0.1) is 0 Å². The van der Waals surface area contributed by atoms with Crippen molar-refractivity contribution in [3.05, 3.63) is 60.2 Å². The second-order valence-electron chi connectivity index (χ2n) is 7.07. The predicted molar refractivity (Wildman–Crippen MR) is 110 cm³/mol. The summed E-state index contributed by atoms with van der Waals surface area (Å²) >= 11 is 0. The molecule has 4 aromatic rings. The molecule has 8 heteroatoms. The van der Waals surface area contributed by atoms with E-state index in [1.54, 1.807) is 6.07 Å². The molecule has 0 saturated carbocycles. The van der Waals surface area contributed by atoms with Crippen LogP contribution in [0.15, 0.2) is 54.6 Å². The van der Waals surface area contributed by atoms with E-state index in [0.717, 1.165) is 11.1 Å². The summed E-state index contributed by atoms with van der Waals surface area (Å²) in [5.41, 5.74) is 4.01. The maximum absolute atomic E-state index is 11.4. The molecule has 2 aliphatic rings. The van der Waals surface area contributed by atoms with Crippen LogP contribution in [0.1, 0.15) is 10.4 Å². The van der Waals surface area contributed by atoms with Gasteiger partial charge in [-0.1, -0.05) is 0 Å². The van der Waals surface area contributed by atoms with Gasteiger partial charge in [0, 0.05) is 11.1 Å². The Morgan fingerprint density at radius 3 is 1.81 bits per heavy atom. The van der Waals surface area contributed by atoms with Gasteiger partial charge >= 0.3 is 5.97 Å². The summed E-state index contributed by atoms with van der Waals surface area (Å²) in [5.74, 6) is 1.57. The average molecular weight is 414 g/mol. The largest absolute Gasteiger partial charge is 0.478 e. The topological polar surface area (TPSA) is 100 Å². The second kappa shape index (κ2) is 6.60. The number of hydrogen-bond donors (Lipinski definition) is 1. The normalized spacial score (nSPS) is 13.5. The number of aromatic carboxylic acids is 1. The van der Waals surface area contributed by atoms with E-state index < -0.39 is 5.97 Å². The van der Waals surface area contributed by atoms with Gasteiger partial charge in [0.25, 0.3) is 0 Å². The Kier molecular flexibility index (Phi) is 3.73. The van der Waals surface area contributed by atoms with Crippen LogP contribution in [0.5, 0.6) is 23.0 Å². The van der Waals surface area contributed by atoms with E-state index in [0.29, 0.717) is 45.4 Å². The van der Waals surface area contributed by atoms with Gasteiger partial charge in [0.1, 0.15) is 0 Å². The van der Waals surface area contributed by atoms with Crippen LogP contribution in [0.2, 0.25) is 0 Å². The molecule has 6 rings (SSSR count). The van der Waals surface area contributed by atoms with Crippen LogP contribution in [-0.2, 0) is 0 Å². The molecule has 3 aromatic carbocycles. The third-order valence-corrected chi connectivity index (χ3v) is 5.20. The highest BCUT2D eigenvalue weighted by Gasteiger charge is 2.21. The molecule has 1 aromatic heterocycles. The Balaban J connectivity index is 1.59. The van der Waals surface area contributed by atoms with Crippen molar-refractivity contribution >= 4 is 17.0 Å². The van der Waals surface area contributed by atoms with E-state index in [1.807, 2.05) is 36.4 Å². The predicted octanol–water partition coefficient (Wildman–Crippen LogP) is 4.12. The van der Waals surface area contributed by atoms with E-state index in [-0.39, 0.29) is 19.1 Å². The number of hydrogen-bond acceptors (Lipinski definition) is 7. The first kappa shape index (κ1) is 17.5. The van der Waals surface area contributed by atoms with E-state index in [4.69, 9.17) is 28.9 Å². The molecule has 0 amide bonds. The van der Waals surface area contributed by atoms with Gasteiger partial charge in [-0.15, -0.1) is 0 Å². The summed E-state index contributed by atoms with van der Waals surface area (Å²) in [7, 11) is 0. The van der Waals surface area contributed by atoms with Crippen molar-refractivity contribution in [2.75, 3.05) is 13.6 Å². The highest BCUT2D eigenvalue weighted by molar-refractivity contribution is 5.94. The number of ether oxygens (including phenoxy) is 4. The van der Waals surface area contributed by atoms with Crippen molar-refractivity contribution in [1.29, 1.82) is 0 Å². The monoisotopic (exact) mass is 414 g/mol. The molecule has 0 spiro atoms. The lowest BCUT2D eigenvalue weighted by molar-refractivity contribution is 0.0697. The Hall–Kier alpha value is -4.33. The van der Waals surface area contributed by atoms with Crippen molar-refractivity contribution in [2.45, 2.75) is 0 Å². The van der Waals surface area contributed by atoms with Gasteiger partial charge in [-0.2, -0.15) is 0 Å². The standard InChI is InChI=1S/C23H14N2O6/c26-23(27)14-1-4-15-16(7-14)25-22(13-3-6-18-20(9-13)31-11-29-18)21(24-15)12-2-5-17-19(8-12)30-10-28-17/h1-9H,10-11H2,(H,26,27). The highest BCUT2D eigenvalue weighted by Crippen LogP contribution is 2.41. The molecule has 1 N–H and O–H groups in total. The van der Waals surface area contributed by atoms with Crippen LogP contribution in [0.25, 0.3) is 33.5 Å². The number of aromatic nitrogens is 2. The summed E-state index contributed by atoms with van der Waals surface area (Å²) in [6.45, 7) is 0.342. The van der Waals surface area contributed by atoms with Crippen molar-refractivity contribution in [3.8, 4) is 45.5 Å². The van der Waals surface area contributed by atoms with Crippen LogP contribution >= 0.6 is 0 Å². The van der Waals surface area contributed by atoms with Gasteiger partial charge in [0.05, 0.1) is 28.0 Å². The molecule has 0 atom stereocenters. The van der Waals surface area contributed by atoms with Crippen LogP contribution in [0.3, 0.4) is 0 Å². The lowest BCUT2D eigenvalue weighted by atomic mass is 10.0. The smallest absolute Gasteiger partial charge is 0.335 e. The van der Waals surface area contributed by atoms with Crippen LogP contribution < -0.4 is 18.9 Å². The van der Waals surface area contributed by atoms with E-state index in [9.17, 15) is 9.90 Å². The van der Waals surface area contributed by atoms with Crippen LogP contribution in [-0.4, -0.2) is 34.6 Å². The summed E-state index contributed by atoms with van der Waals surface area (Å²) in [6.07, 6.45) is 0. The van der Waals surface area contributed by atoms with Crippen molar-refractivity contribution in [2.24, 2.45) is 0 Å². The summed E-state index contributed by atoms with van der Waals surface area (Å²) < 4.78 is 21.9. The number of benzene rings is 3. The molecule has 0 bridgehead atoms. The molecule has 2 aliphatic heterocycles. The third-order valence-electron chi connectivity index (χ3n) is 5.20. The Bertz CT molecular complexity index is 1380. The van der Waals surface area contributed by atoms with Gasteiger partial charge in [-0.3, -0.25) is 0 Å². The van der Waals surface area contributed by atoms with Crippen molar-refractivity contribution in [3.63, 3.8) is 0 Å². The van der Waals surface area contributed by atoms with E-state index >= 15 is 0 Å². The number of rotatable bonds is 3. The highest BCUT2D eigenvalue weighted by atomic mass is 16.7. The number of fused-ring (bicyclic) bond motifs is 3. The van der Waals surface area contributed by atoms with E-state index in [1.165, 1.54) is 12.1 Å². The number of carbonyl (C=O) groups is 1. The zero-order valence-corrected chi connectivity index (χ0v) is 16.0. The fourth-order valence-electron chi connectivity index (χ4n) is 3.68. The van der Waals surface area contributed by atoms with Gasteiger partial charge in [0.15, 0.2) is 23.0 Å². The molecular weight excluding hydrogens is 400 g/mol. The van der Waals surface area contributed by atoms with E-state index in [2.05, 4.69) is 0 Å². The number of carboxylic acid groups (broad SMARTS) is 1. The zero-order valence-electron chi connectivity index (χ0n) is 16.0. The Morgan fingerprint density at radius 2 is 1.23 bits per heavy atom. The lowest BCUT2D eigenvalue weighted by Gasteiger charge is -2.12. The first-order valence-corrected chi connectivity index (χ1v) is 9.51. The SMILES string of the molecule is O=C(O)c1ccc2nc(-c3ccc4c(c3)OCO4)c(-c3ccc4c(c3)OCO4)nc2c1. The number of nitrogens with zero attached hydrogens (tertiary/aromatic N) is 2. The average Bonchev–Trinajstić information content (AvgIpc) is 3.45. The summed E-state index contributed by atoms with van der Waals surface area (Å²) in [5, 5.41) is 9.35. The molecule has 0 saturated heterocycles. The molecule has 0 radical (unpaired) electrons. The van der Waals surface area contributed by atoms with Gasteiger partial charge in [0.2, 0.25) is 13.6 Å². The lowest BCUT2D eigenvalue weighted by Crippen LogP contribution is -1.99. The van der Waals surface area contributed by atoms with Crippen molar-refractivity contribution in [1.82, 2.24) is 9.97 Å². The van der Waals surface area contributed by atoms with Crippen LogP contribution in [0.4, 0.5) is 0 Å². The van der Waals surface area contributed by atoms with Gasteiger partial charge < -0.3 is 24.1 Å². The minimum absolute atomic E-state index is 0.147. The minimum Gasteiger partial charge on any atom is -0.478 e. The molecule has 152 valence electrons. The fourth-order valence-corrected chi connectivity index (χ4v) is 3.68. The first-order chi connectivity index (χ1) is 15.2. The maximum Gasteiger partial charge on any atom is 0.335 e. The van der Waals surface area contributed by atoms with Gasteiger partial charge in [-0.05, 0) is 54.6 Å². The number of carboxylic acids is 1. The first-order valence-electron chi connectivity index (χ1n) is 9.51. The zero-order chi connectivity index (χ0) is 20.9. The summed E-state index contributed by atoms with van der Waals surface area (Å²) in [4.78, 5) is 21.0. The van der Waals surface area contributed by atoms with Gasteiger partial charge in [-0.25, -0.2) is 14.8 Å². The molecule has 0 unspecified atom stereocenters.